The number of nitrogens with zero attached hydrogens (tertiary/aromatic N) is 2. The molecule has 0 aliphatic carbocycles. The first kappa shape index (κ1) is 16.5. The zero-order valence-electron chi connectivity index (χ0n) is 13.0. The summed E-state index contributed by atoms with van der Waals surface area (Å²) in [5, 5.41) is 4.04. The molecule has 0 aliphatic heterocycles. The summed E-state index contributed by atoms with van der Waals surface area (Å²) in [6, 6.07) is 6.74. The zero-order chi connectivity index (χ0) is 15.6. The number of rotatable bonds is 4. The van der Waals surface area contributed by atoms with Crippen LogP contribution in [0.2, 0.25) is 0 Å². The Morgan fingerprint density at radius 3 is 2.29 bits per heavy atom. The Kier molecular flexibility index (Phi) is 5.41. The predicted octanol–water partition coefficient (Wildman–Crippen LogP) is 4.60. The molecule has 1 heterocycles. The number of aromatic nitrogens is 2. The first-order valence-corrected chi connectivity index (χ1v) is 8.49. The minimum atomic E-state index is 0.334. The van der Waals surface area contributed by atoms with Crippen LogP contribution in [0.3, 0.4) is 0 Å². The molecule has 3 nitrogen and oxygen atoms in total. The molecule has 0 saturated heterocycles. The van der Waals surface area contributed by atoms with Crippen molar-refractivity contribution in [3.8, 4) is 0 Å². The van der Waals surface area contributed by atoms with Gasteiger partial charge in [-0.1, -0.05) is 6.07 Å². The second-order valence-corrected chi connectivity index (χ2v) is 6.97. The minimum Gasteiger partial charge on any atom is -0.313 e. The van der Waals surface area contributed by atoms with E-state index in [0.717, 1.165) is 31.5 Å². The first-order chi connectivity index (χ1) is 9.92. The van der Waals surface area contributed by atoms with Crippen molar-refractivity contribution in [2.75, 3.05) is 7.05 Å². The lowest BCUT2D eigenvalue weighted by molar-refractivity contribution is 0.651. The topological polar surface area (TPSA) is 37.8 Å². The number of nitrogens with one attached hydrogen (secondary N) is 1. The van der Waals surface area contributed by atoms with Crippen molar-refractivity contribution in [2.24, 2.45) is 0 Å². The molecule has 0 fully saturated rings. The maximum atomic E-state index is 4.56. The summed E-state index contributed by atoms with van der Waals surface area (Å²) < 4.78 is 1.08. The van der Waals surface area contributed by atoms with E-state index in [1.807, 2.05) is 20.9 Å². The molecule has 21 heavy (non-hydrogen) atoms. The van der Waals surface area contributed by atoms with Crippen molar-refractivity contribution >= 4 is 27.7 Å². The summed E-state index contributed by atoms with van der Waals surface area (Å²) in [4.78, 5) is 10.3. The highest BCUT2D eigenvalue weighted by molar-refractivity contribution is 9.10. The molecule has 1 N–H and O–H groups in total. The third-order valence-electron chi connectivity index (χ3n) is 3.70. The molecule has 2 aromatic rings. The molecular formula is C16H20BrN3S. The van der Waals surface area contributed by atoms with Gasteiger partial charge in [0.2, 0.25) is 0 Å². The molecule has 1 aromatic heterocycles. The van der Waals surface area contributed by atoms with Crippen LogP contribution in [0.15, 0.2) is 32.7 Å². The summed E-state index contributed by atoms with van der Waals surface area (Å²) in [7, 11) is 1.97. The summed E-state index contributed by atoms with van der Waals surface area (Å²) in [6.45, 7) is 8.26. The van der Waals surface area contributed by atoms with Crippen LogP contribution in [-0.2, 0) is 0 Å². The van der Waals surface area contributed by atoms with Crippen LogP contribution in [0.5, 0.6) is 0 Å². The summed E-state index contributed by atoms with van der Waals surface area (Å²) in [5.74, 6) is 0. The lowest BCUT2D eigenvalue weighted by Crippen LogP contribution is -2.12. The second kappa shape index (κ2) is 6.90. The molecular weight excluding hydrogens is 346 g/mol. The fourth-order valence-electron chi connectivity index (χ4n) is 1.92. The van der Waals surface area contributed by atoms with E-state index >= 15 is 0 Å². The number of aryl methyl sites for hydroxylation is 2. The van der Waals surface area contributed by atoms with Crippen LogP contribution in [0.1, 0.15) is 35.5 Å². The molecule has 5 heteroatoms. The van der Waals surface area contributed by atoms with Gasteiger partial charge in [0.05, 0.1) is 0 Å². The minimum absolute atomic E-state index is 0.334. The van der Waals surface area contributed by atoms with Crippen LogP contribution in [0, 0.1) is 20.8 Å². The normalized spacial score (nSPS) is 12.5. The average molecular weight is 366 g/mol. The molecule has 1 atom stereocenters. The van der Waals surface area contributed by atoms with E-state index in [1.165, 1.54) is 5.56 Å². The SMILES string of the molecule is CNC(C)c1ccc(Sc2nc(C)c(C)c(C)n2)c(Br)c1. The smallest absolute Gasteiger partial charge is 0.192 e. The summed E-state index contributed by atoms with van der Waals surface area (Å²) in [6.07, 6.45) is 0. The van der Waals surface area contributed by atoms with Crippen LogP contribution in [0.4, 0.5) is 0 Å². The molecule has 112 valence electrons. The van der Waals surface area contributed by atoms with Crippen molar-refractivity contribution in [1.29, 1.82) is 0 Å². The fraction of sp³-hybridized carbons (Fsp3) is 0.375. The van der Waals surface area contributed by atoms with Crippen molar-refractivity contribution in [2.45, 2.75) is 43.8 Å². The molecule has 0 radical (unpaired) electrons. The number of halogens is 1. The highest BCUT2D eigenvalue weighted by atomic mass is 79.9. The molecule has 0 aliphatic rings. The number of hydrogen-bond donors (Lipinski definition) is 1. The Morgan fingerprint density at radius 1 is 1.14 bits per heavy atom. The molecule has 2 rings (SSSR count). The van der Waals surface area contributed by atoms with Gasteiger partial charge >= 0.3 is 0 Å². The predicted molar refractivity (Wildman–Crippen MR) is 92.0 cm³/mol. The van der Waals surface area contributed by atoms with Crippen molar-refractivity contribution in [3.63, 3.8) is 0 Å². The van der Waals surface area contributed by atoms with Crippen molar-refractivity contribution in [3.05, 3.63) is 45.2 Å². The van der Waals surface area contributed by atoms with Gasteiger partial charge in [-0.2, -0.15) is 0 Å². The maximum Gasteiger partial charge on any atom is 0.192 e. The monoisotopic (exact) mass is 365 g/mol. The fourth-order valence-corrected chi connectivity index (χ4v) is 3.41. The summed E-state index contributed by atoms with van der Waals surface area (Å²) in [5.41, 5.74) is 4.51. The highest BCUT2D eigenvalue weighted by Crippen LogP contribution is 2.33. The molecule has 0 bridgehead atoms. The number of hydrogen-bond acceptors (Lipinski definition) is 4. The van der Waals surface area contributed by atoms with Gasteiger partial charge in [0.1, 0.15) is 0 Å². The van der Waals surface area contributed by atoms with Crippen molar-refractivity contribution in [1.82, 2.24) is 15.3 Å². The van der Waals surface area contributed by atoms with Gasteiger partial charge in [-0.05, 0) is 85.7 Å². The van der Waals surface area contributed by atoms with Gasteiger partial charge in [-0.3, -0.25) is 0 Å². The van der Waals surface area contributed by atoms with E-state index in [9.17, 15) is 0 Å². The second-order valence-electron chi connectivity index (χ2n) is 5.10. The van der Waals surface area contributed by atoms with Crippen LogP contribution < -0.4 is 5.32 Å². The van der Waals surface area contributed by atoms with E-state index in [-0.39, 0.29) is 0 Å². The van der Waals surface area contributed by atoms with Crippen LogP contribution in [-0.4, -0.2) is 17.0 Å². The van der Waals surface area contributed by atoms with E-state index in [2.05, 4.69) is 63.3 Å². The molecule has 1 unspecified atom stereocenters. The van der Waals surface area contributed by atoms with Gasteiger partial charge in [-0.25, -0.2) is 9.97 Å². The Hall–Kier alpha value is -0.910. The van der Waals surface area contributed by atoms with Crippen LogP contribution >= 0.6 is 27.7 Å². The Morgan fingerprint density at radius 2 is 1.76 bits per heavy atom. The lowest BCUT2D eigenvalue weighted by atomic mass is 10.1. The Bertz CT molecular complexity index is 635. The van der Waals surface area contributed by atoms with E-state index in [1.54, 1.807) is 11.8 Å². The summed E-state index contributed by atoms with van der Waals surface area (Å²) >= 11 is 5.24. The van der Waals surface area contributed by atoms with Gasteiger partial charge in [0.25, 0.3) is 0 Å². The Labute approximate surface area is 139 Å². The highest BCUT2D eigenvalue weighted by Gasteiger charge is 2.10. The Balaban J connectivity index is 2.28. The molecule has 0 saturated carbocycles. The first-order valence-electron chi connectivity index (χ1n) is 6.88. The van der Waals surface area contributed by atoms with Gasteiger partial charge in [0.15, 0.2) is 5.16 Å². The average Bonchev–Trinajstić information content (AvgIpc) is 2.46. The van der Waals surface area contributed by atoms with E-state index in [0.29, 0.717) is 6.04 Å². The molecule has 1 aromatic carbocycles. The lowest BCUT2D eigenvalue weighted by Gasteiger charge is -2.13. The van der Waals surface area contributed by atoms with Gasteiger partial charge < -0.3 is 5.32 Å². The third kappa shape index (κ3) is 3.84. The maximum absolute atomic E-state index is 4.56. The van der Waals surface area contributed by atoms with E-state index < -0.39 is 0 Å². The van der Waals surface area contributed by atoms with E-state index in [4.69, 9.17) is 0 Å². The van der Waals surface area contributed by atoms with Gasteiger partial charge in [0, 0.05) is 26.8 Å². The molecule has 0 amide bonds. The standard InChI is InChI=1S/C16H20BrN3S/c1-9-10(2)19-16(20-11(9)3)21-15-7-6-13(8-14(15)17)12(4)18-5/h6-8,12,18H,1-5H3. The van der Waals surface area contributed by atoms with Crippen LogP contribution in [0.25, 0.3) is 0 Å². The largest absolute Gasteiger partial charge is 0.313 e. The quantitative estimate of drug-likeness (QED) is 0.803. The third-order valence-corrected chi connectivity index (χ3v) is 5.56. The van der Waals surface area contributed by atoms with Gasteiger partial charge in [-0.15, -0.1) is 0 Å². The van der Waals surface area contributed by atoms with Crippen molar-refractivity contribution < 1.29 is 0 Å². The zero-order valence-corrected chi connectivity index (χ0v) is 15.4. The molecule has 0 spiro atoms. The number of benzene rings is 1.